The minimum atomic E-state index is -0.113. The van der Waals surface area contributed by atoms with Gasteiger partial charge >= 0.3 is 0 Å². The number of hydrogen-bond donors (Lipinski definition) is 2. The fraction of sp³-hybridized carbons (Fsp3) is 0.286. The summed E-state index contributed by atoms with van der Waals surface area (Å²) in [6, 6.07) is 5.34. The predicted molar refractivity (Wildman–Crippen MR) is 70.5 cm³/mol. The molecule has 0 saturated carbocycles. The van der Waals surface area contributed by atoms with Crippen molar-refractivity contribution < 1.29 is 9.59 Å². The van der Waals surface area contributed by atoms with E-state index in [0.29, 0.717) is 24.9 Å². The Bertz CT molecular complexity index is 521. The van der Waals surface area contributed by atoms with Gasteiger partial charge < -0.3 is 10.6 Å². The number of nitrogens with one attached hydrogen (secondary N) is 2. The lowest BCUT2D eigenvalue weighted by molar-refractivity contribution is -0.116. The summed E-state index contributed by atoms with van der Waals surface area (Å²) in [4.78, 5) is 23.1. The summed E-state index contributed by atoms with van der Waals surface area (Å²) < 4.78 is 0. The average Bonchev–Trinajstić information content (AvgIpc) is 2.35. The highest BCUT2D eigenvalue weighted by Gasteiger charge is 2.16. The van der Waals surface area contributed by atoms with Crippen molar-refractivity contribution in [2.24, 2.45) is 0 Å². The molecule has 1 aromatic rings. The van der Waals surface area contributed by atoms with Crippen molar-refractivity contribution in [2.75, 3.05) is 11.9 Å². The van der Waals surface area contributed by atoms with Crippen molar-refractivity contribution >= 4 is 17.5 Å². The molecule has 0 radical (unpaired) electrons. The van der Waals surface area contributed by atoms with Crippen LogP contribution < -0.4 is 10.6 Å². The third-order valence-corrected chi connectivity index (χ3v) is 2.81. The first-order chi connectivity index (χ1) is 8.56. The molecule has 2 amide bonds. The fourth-order valence-corrected chi connectivity index (χ4v) is 1.86. The highest BCUT2D eigenvalue weighted by Crippen LogP contribution is 2.23. The van der Waals surface area contributed by atoms with Crippen LogP contribution in [-0.4, -0.2) is 18.4 Å². The van der Waals surface area contributed by atoms with E-state index in [4.69, 9.17) is 0 Å². The van der Waals surface area contributed by atoms with Gasteiger partial charge in [0.2, 0.25) is 5.91 Å². The van der Waals surface area contributed by atoms with Crippen LogP contribution in [0.15, 0.2) is 30.4 Å². The number of anilines is 1. The zero-order valence-corrected chi connectivity index (χ0v) is 10.4. The zero-order chi connectivity index (χ0) is 13.1. The molecule has 0 bridgehead atoms. The van der Waals surface area contributed by atoms with Crippen LogP contribution in [0.3, 0.4) is 0 Å². The molecule has 1 aromatic carbocycles. The van der Waals surface area contributed by atoms with Crippen molar-refractivity contribution in [2.45, 2.75) is 19.8 Å². The first-order valence-electron chi connectivity index (χ1n) is 5.91. The monoisotopic (exact) mass is 244 g/mol. The SMILES string of the molecule is C=C(C)CNC(=O)c1ccc2c(c1)CCC(=O)N2. The molecule has 94 valence electrons. The molecule has 0 atom stereocenters. The Balaban J connectivity index is 2.13. The van der Waals surface area contributed by atoms with E-state index in [1.54, 1.807) is 12.1 Å². The Hall–Kier alpha value is -2.10. The van der Waals surface area contributed by atoms with Crippen molar-refractivity contribution in [3.05, 3.63) is 41.5 Å². The summed E-state index contributed by atoms with van der Waals surface area (Å²) in [5.74, 6) is -0.0836. The fourth-order valence-electron chi connectivity index (χ4n) is 1.86. The van der Waals surface area contributed by atoms with E-state index in [2.05, 4.69) is 17.2 Å². The minimum Gasteiger partial charge on any atom is -0.348 e. The number of aryl methyl sites for hydroxylation is 1. The Kier molecular flexibility index (Phi) is 3.46. The standard InChI is InChI=1S/C14H16N2O2/c1-9(2)8-15-14(18)11-3-5-12-10(7-11)4-6-13(17)16-12/h3,5,7H,1,4,6,8H2,2H3,(H,15,18)(H,16,17). The largest absolute Gasteiger partial charge is 0.348 e. The van der Waals surface area contributed by atoms with Crippen LogP contribution in [0, 0.1) is 0 Å². The lowest BCUT2D eigenvalue weighted by atomic mass is 10.00. The Morgan fingerprint density at radius 1 is 1.44 bits per heavy atom. The molecule has 1 aliphatic heterocycles. The van der Waals surface area contributed by atoms with Crippen LogP contribution in [-0.2, 0) is 11.2 Å². The molecule has 0 spiro atoms. The van der Waals surface area contributed by atoms with E-state index in [9.17, 15) is 9.59 Å². The third-order valence-electron chi connectivity index (χ3n) is 2.81. The van der Waals surface area contributed by atoms with Crippen LogP contribution >= 0.6 is 0 Å². The van der Waals surface area contributed by atoms with Gasteiger partial charge in [0, 0.05) is 24.2 Å². The second-order valence-electron chi connectivity index (χ2n) is 4.56. The van der Waals surface area contributed by atoms with Crippen molar-refractivity contribution in [3.63, 3.8) is 0 Å². The quantitative estimate of drug-likeness (QED) is 0.797. The second-order valence-corrected chi connectivity index (χ2v) is 4.56. The lowest BCUT2D eigenvalue weighted by Gasteiger charge is -2.17. The van der Waals surface area contributed by atoms with Crippen molar-refractivity contribution in [3.8, 4) is 0 Å². The van der Waals surface area contributed by atoms with E-state index in [0.717, 1.165) is 16.8 Å². The molecule has 1 heterocycles. The van der Waals surface area contributed by atoms with Gasteiger partial charge in [0.05, 0.1) is 0 Å². The molecule has 2 rings (SSSR count). The van der Waals surface area contributed by atoms with Gasteiger partial charge in [-0.25, -0.2) is 0 Å². The number of carbonyl (C=O) groups excluding carboxylic acids is 2. The van der Waals surface area contributed by atoms with E-state index in [1.807, 2.05) is 13.0 Å². The molecule has 0 fully saturated rings. The smallest absolute Gasteiger partial charge is 0.251 e. The highest BCUT2D eigenvalue weighted by atomic mass is 16.2. The van der Waals surface area contributed by atoms with Crippen molar-refractivity contribution in [1.29, 1.82) is 0 Å². The lowest BCUT2D eigenvalue weighted by Crippen LogP contribution is -2.25. The Labute approximate surface area is 106 Å². The second kappa shape index (κ2) is 5.04. The van der Waals surface area contributed by atoms with Gasteiger partial charge in [-0.15, -0.1) is 0 Å². The summed E-state index contributed by atoms with van der Waals surface area (Å²) in [6.07, 6.45) is 1.16. The molecule has 1 aliphatic rings. The van der Waals surface area contributed by atoms with Crippen LogP contribution in [0.1, 0.15) is 29.3 Å². The number of amides is 2. The summed E-state index contributed by atoms with van der Waals surface area (Å²) in [6.45, 7) is 6.08. The molecule has 0 aromatic heterocycles. The molecule has 2 N–H and O–H groups in total. The Morgan fingerprint density at radius 2 is 2.22 bits per heavy atom. The Morgan fingerprint density at radius 3 is 2.94 bits per heavy atom. The number of carbonyl (C=O) groups is 2. The molecule has 18 heavy (non-hydrogen) atoms. The summed E-state index contributed by atoms with van der Waals surface area (Å²) >= 11 is 0. The number of fused-ring (bicyclic) bond motifs is 1. The van der Waals surface area contributed by atoms with Crippen LogP contribution in [0.25, 0.3) is 0 Å². The number of rotatable bonds is 3. The van der Waals surface area contributed by atoms with Gasteiger partial charge in [0.1, 0.15) is 0 Å². The van der Waals surface area contributed by atoms with Gasteiger partial charge in [0.15, 0.2) is 0 Å². The van der Waals surface area contributed by atoms with Crippen molar-refractivity contribution in [1.82, 2.24) is 5.32 Å². The molecular weight excluding hydrogens is 228 g/mol. The summed E-state index contributed by atoms with van der Waals surface area (Å²) in [7, 11) is 0. The third kappa shape index (κ3) is 2.77. The van der Waals surface area contributed by atoms with Gasteiger partial charge in [-0.1, -0.05) is 12.2 Å². The predicted octanol–water partition coefficient (Wildman–Crippen LogP) is 1.88. The molecule has 0 saturated heterocycles. The van der Waals surface area contributed by atoms with Gasteiger partial charge in [-0.3, -0.25) is 9.59 Å². The van der Waals surface area contributed by atoms with Crippen LogP contribution in [0.4, 0.5) is 5.69 Å². The topological polar surface area (TPSA) is 58.2 Å². The van der Waals surface area contributed by atoms with Gasteiger partial charge in [0.25, 0.3) is 5.91 Å². The van der Waals surface area contributed by atoms with Gasteiger partial charge in [-0.05, 0) is 37.1 Å². The summed E-state index contributed by atoms with van der Waals surface area (Å²) in [5, 5.41) is 5.58. The highest BCUT2D eigenvalue weighted by molar-refractivity contribution is 5.98. The van der Waals surface area contributed by atoms with E-state index < -0.39 is 0 Å². The first kappa shape index (κ1) is 12.4. The molecule has 4 heteroatoms. The first-order valence-corrected chi connectivity index (χ1v) is 5.91. The molecular formula is C14H16N2O2. The maximum Gasteiger partial charge on any atom is 0.251 e. The minimum absolute atomic E-state index is 0.0296. The molecule has 0 unspecified atom stereocenters. The zero-order valence-electron chi connectivity index (χ0n) is 10.4. The molecule has 0 aliphatic carbocycles. The number of hydrogen-bond acceptors (Lipinski definition) is 2. The normalized spacial score (nSPS) is 13.5. The van der Waals surface area contributed by atoms with Crippen LogP contribution in [0.2, 0.25) is 0 Å². The number of benzene rings is 1. The van der Waals surface area contributed by atoms with E-state index in [-0.39, 0.29) is 11.8 Å². The maximum absolute atomic E-state index is 11.9. The van der Waals surface area contributed by atoms with Crippen LogP contribution in [0.5, 0.6) is 0 Å². The summed E-state index contributed by atoms with van der Waals surface area (Å²) in [5.41, 5.74) is 3.35. The van der Waals surface area contributed by atoms with E-state index in [1.165, 1.54) is 0 Å². The molecule has 4 nitrogen and oxygen atoms in total. The van der Waals surface area contributed by atoms with E-state index >= 15 is 0 Å². The average molecular weight is 244 g/mol. The maximum atomic E-state index is 11.9. The van der Waals surface area contributed by atoms with Gasteiger partial charge in [-0.2, -0.15) is 0 Å².